The molecule has 1 fully saturated rings. The van der Waals surface area contributed by atoms with Crippen molar-refractivity contribution in [1.82, 2.24) is 20.4 Å². The molecule has 11 heteroatoms. The number of fused-ring (bicyclic) bond motifs is 1. The Hall–Kier alpha value is -3.21. The molecule has 1 saturated heterocycles. The third-order valence-electron chi connectivity index (χ3n) is 5.83. The van der Waals surface area contributed by atoms with Gasteiger partial charge in [0.15, 0.2) is 11.5 Å². The van der Waals surface area contributed by atoms with E-state index in [2.05, 4.69) is 20.8 Å². The molecule has 2 aliphatic rings. The van der Waals surface area contributed by atoms with Gasteiger partial charge in [0.2, 0.25) is 22.7 Å². The number of hydrogen-bond acceptors (Lipinski definition) is 8. The molecule has 0 aliphatic carbocycles. The van der Waals surface area contributed by atoms with Crippen molar-refractivity contribution in [3.05, 3.63) is 28.2 Å². The van der Waals surface area contributed by atoms with Gasteiger partial charge in [-0.15, -0.1) is 10.2 Å². The number of nitrogens with one attached hydrogen (secondary N) is 2. The number of ether oxygens (including phenoxy) is 2. The minimum atomic E-state index is -0.448. The first-order valence-corrected chi connectivity index (χ1v) is 11.9. The van der Waals surface area contributed by atoms with E-state index < -0.39 is 5.91 Å². The summed E-state index contributed by atoms with van der Waals surface area (Å²) in [6.45, 7) is 5.29. The number of anilines is 1. The fraction of sp³-hybridized carbons (Fsp3) is 0.500. The maximum atomic E-state index is 12.8. The molecule has 1 aromatic heterocycles. The highest BCUT2D eigenvalue weighted by Crippen LogP contribution is 2.34. The Kier molecular flexibility index (Phi) is 7.07. The van der Waals surface area contributed by atoms with E-state index in [0.717, 1.165) is 30.6 Å². The molecule has 0 unspecified atom stereocenters. The first-order chi connectivity index (χ1) is 15.9. The van der Waals surface area contributed by atoms with E-state index in [1.54, 1.807) is 23.1 Å². The summed E-state index contributed by atoms with van der Waals surface area (Å²) in [6, 6.07) is 5.25. The number of aromatic nitrogens is 2. The van der Waals surface area contributed by atoms with Gasteiger partial charge in [0, 0.05) is 37.3 Å². The number of carbonyl (C=O) groups is 3. The highest BCUT2D eigenvalue weighted by molar-refractivity contribution is 7.15. The number of piperidine rings is 1. The lowest BCUT2D eigenvalue weighted by Crippen LogP contribution is -2.40. The van der Waals surface area contributed by atoms with Crippen LogP contribution >= 0.6 is 11.3 Å². The minimum Gasteiger partial charge on any atom is -0.454 e. The highest BCUT2D eigenvalue weighted by Gasteiger charge is 2.28. The lowest BCUT2D eigenvalue weighted by atomic mass is 9.93. The zero-order valence-corrected chi connectivity index (χ0v) is 19.4. The van der Waals surface area contributed by atoms with E-state index in [-0.39, 0.29) is 40.6 Å². The lowest BCUT2D eigenvalue weighted by molar-refractivity contribution is -0.122. The summed E-state index contributed by atoms with van der Waals surface area (Å²) >= 11 is 0.963. The Morgan fingerprint density at radius 3 is 2.64 bits per heavy atom. The van der Waals surface area contributed by atoms with E-state index in [0.29, 0.717) is 36.7 Å². The van der Waals surface area contributed by atoms with Crippen molar-refractivity contribution in [2.45, 2.75) is 45.6 Å². The van der Waals surface area contributed by atoms with Gasteiger partial charge in [-0.25, -0.2) is 0 Å². The van der Waals surface area contributed by atoms with Gasteiger partial charge in [0.05, 0.1) is 0 Å². The molecule has 0 spiro atoms. The fourth-order valence-corrected chi connectivity index (χ4v) is 4.44. The topological polar surface area (TPSA) is 123 Å². The van der Waals surface area contributed by atoms with Crippen molar-refractivity contribution in [1.29, 1.82) is 0 Å². The fourth-order valence-electron chi connectivity index (χ4n) is 3.73. The Bertz CT molecular complexity index is 1030. The number of nitrogens with zero attached hydrogens (tertiary/aromatic N) is 3. The first kappa shape index (κ1) is 23.0. The van der Waals surface area contributed by atoms with E-state index in [1.807, 2.05) is 13.8 Å². The van der Waals surface area contributed by atoms with Gasteiger partial charge < -0.3 is 25.0 Å². The van der Waals surface area contributed by atoms with Crippen LogP contribution in [-0.4, -0.2) is 58.7 Å². The largest absolute Gasteiger partial charge is 0.454 e. The van der Waals surface area contributed by atoms with Gasteiger partial charge in [0.1, 0.15) is 0 Å². The van der Waals surface area contributed by atoms with Crippen LogP contribution in [0.4, 0.5) is 5.69 Å². The summed E-state index contributed by atoms with van der Waals surface area (Å²) in [5.41, 5.74) is 0.534. The molecule has 3 amide bonds. The minimum absolute atomic E-state index is 0.0661. The Morgan fingerprint density at radius 2 is 1.88 bits per heavy atom. The third kappa shape index (κ3) is 5.59. The second-order valence-electron chi connectivity index (χ2n) is 8.25. The number of carbonyl (C=O) groups excluding carboxylic acids is 3. The summed E-state index contributed by atoms with van der Waals surface area (Å²) < 4.78 is 10.6. The predicted octanol–water partition coefficient (Wildman–Crippen LogP) is 2.68. The molecule has 1 atom stereocenters. The maximum absolute atomic E-state index is 12.8. The van der Waals surface area contributed by atoms with Crippen molar-refractivity contribution in [3.63, 3.8) is 0 Å². The molecular formula is C22H27N5O5S. The first-order valence-electron chi connectivity index (χ1n) is 11.1. The summed E-state index contributed by atoms with van der Waals surface area (Å²) in [5.74, 6) is 0.818. The average molecular weight is 474 g/mol. The van der Waals surface area contributed by atoms with E-state index >= 15 is 0 Å². The molecule has 0 radical (unpaired) electrons. The quantitative estimate of drug-likeness (QED) is 0.634. The molecule has 10 nitrogen and oxygen atoms in total. The normalized spacial score (nSPS) is 16.4. The van der Waals surface area contributed by atoms with Crippen molar-refractivity contribution >= 4 is 34.7 Å². The van der Waals surface area contributed by atoms with Crippen molar-refractivity contribution in [2.75, 3.05) is 25.2 Å². The maximum Gasteiger partial charge on any atom is 0.286 e. The zero-order valence-electron chi connectivity index (χ0n) is 18.6. The van der Waals surface area contributed by atoms with Crippen LogP contribution in [0.2, 0.25) is 0 Å². The van der Waals surface area contributed by atoms with Gasteiger partial charge in [-0.3, -0.25) is 14.4 Å². The lowest BCUT2D eigenvalue weighted by Gasteiger charge is -2.31. The number of rotatable bonds is 7. The van der Waals surface area contributed by atoms with Crippen LogP contribution in [-0.2, 0) is 4.79 Å². The monoisotopic (exact) mass is 473 g/mol. The number of hydrogen-bond donors (Lipinski definition) is 2. The summed E-state index contributed by atoms with van der Waals surface area (Å²) in [6.07, 6.45) is 2.90. The van der Waals surface area contributed by atoms with Crippen LogP contribution in [0.5, 0.6) is 11.5 Å². The molecule has 33 heavy (non-hydrogen) atoms. The molecule has 0 saturated carbocycles. The molecule has 2 aliphatic heterocycles. The van der Waals surface area contributed by atoms with Crippen LogP contribution < -0.4 is 20.1 Å². The molecule has 4 rings (SSSR count). The Morgan fingerprint density at radius 1 is 1.15 bits per heavy atom. The molecule has 1 aromatic carbocycles. The summed E-state index contributed by atoms with van der Waals surface area (Å²) in [5, 5.41) is 13.8. The van der Waals surface area contributed by atoms with Crippen molar-refractivity contribution in [3.8, 4) is 11.5 Å². The summed E-state index contributed by atoms with van der Waals surface area (Å²) in [4.78, 5) is 39.2. The van der Waals surface area contributed by atoms with Crippen LogP contribution in [0, 0.1) is 5.92 Å². The van der Waals surface area contributed by atoms with E-state index in [9.17, 15) is 14.4 Å². The van der Waals surface area contributed by atoms with Gasteiger partial charge in [-0.2, -0.15) is 0 Å². The van der Waals surface area contributed by atoms with Crippen LogP contribution in [0.15, 0.2) is 18.2 Å². The Labute approximate surface area is 195 Å². The molecule has 0 bridgehead atoms. The van der Waals surface area contributed by atoms with Gasteiger partial charge in [-0.05, 0) is 44.2 Å². The third-order valence-corrected chi connectivity index (χ3v) is 6.74. The smallest absolute Gasteiger partial charge is 0.286 e. The summed E-state index contributed by atoms with van der Waals surface area (Å²) in [7, 11) is 0. The average Bonchev–Trinajstić information content (AvgIpc) is 3.48. The molecule has 2 N–H and O–H groups in total. The van der Waals surface area contributed by atoms with Crippen LogP contribution in [0.3, 0.4) is 0 Å². The molecule has 3 heterocycles. The van der Waals surface area contributed by atoms with E-state index in [1.165, 1.54) is 0 Å². The predicted molar refractivity (Wildman–Crippen MR) is 122 cm³/mol. The van der Waals surface area contributed by atoms with E-state index in [4.69, 9.17) is 9.47 Å². The molecular weight excluding hydrogens is 446 g/mol. The van der Waals surface area contributed by atoms with Gasteiger partial charge in [-0.1, -0.05) is 18.3 Å². The standard InChI is InChI=1S/C22H27N5O5S/c1-3-13(2)23-18(28)10-14-6-8-27(9-7-14)22(30)21-26-25-20(33-21)19(29)24-15-4-5-16-17(11-15)32-12-31-16/h4-5,11,13-14H,3,6-10,12H2,1-2H3,(H,23,28)(H,24,29)/t13-/m1/s1. The highest BCUT2D eigenvalue weighted by atomic mass is 32.1. The van der Waals surface area contributed by atoms with Crippen molar-refractivity contribution in [2.24, 2.45) is 5.92 Å². The number of amides is 3. The zero-order chi connectivity index (χ0) is 23.4. The Balaban J connectivity index is 1.28. The molecule has 176 valence electrons. The SMILES string of the molecule is CC[C@@H](C)NC(=O)CC1CCN(C(=O)c2nnc(C(=O)Nc3ccc4c(c3)OCO4)s2)CC1. The number of benzene rings is 1. The van der Waals surface area contributed by atoms with Gasteiger partial charge in [0.25, 0.3) is 11.8 Å². The number of likely N-dealkylation sites (tertiary alicyclic amines) is 1. The second kappa shape index (κ2) is 10.2. The van der Waals surface area contributed by atoms with Gasteiger partial charge >= 0.3 is 0 Å². The molecule has 2 aromatic rings. The second-order valence-corrected chi connectivity index (χ2v) is 9.23. The van der Waals surface area contributed by atoms with Crippen LogP contribution in [0.1, 0.15) is 59.1 Å². The van der Waals surface area contributed by atoms with Crippen molar-refractivity contribution < 1.29 is 23.9 Å². The van der Waals surface area contributed by atoms with Crippen LogP contribution in [0.25, 0.3) is 0 Å².